The van der Waals surface area contributed by atoms with E-state index in [4.69, 9.17) is 5.11 Å². The molecule has 0 fully saturated rings. The van der Waals surface area contributed by atoms with Crippen LogP contribution in [0.25, 0.3) is 0 Å². The molecule has 5 heteroatoms. The summed E-state index contributed by atoms with van der Waals surface area (Å²) < 4.78 is 0. The van der Waals surface area contributed by atoms with E-state index in [0.29, 0.717) is 11.4 Å². The number of aliphatic carboxylic acids is 2. The predicted octanol–water partition coefficient (Wildman–Crippen LogP) is 2.75. The molecule has 5 nitrogen and oxygen atoms in total. The lowest BCUT2D eigenvalue weighted by atomic mass is 10.1. The molecule has 2 aromatic rings. The minimum atomic E-state index is -1.18. The Kier molecular flexibility index (Phi) is 4.56. The summed E-state index contributed by atoms with van der Waals surface area (Å²) in [6.45, 7) is 0. The van der Waals surface area contributed by atoms with E-state index < -0.39 is 24.4 Å². The maximum absolute atomic E-state index is 11.5. The van der Waals surface area contributed by atoms with Crippen molar-refractivity contribution in [3.63, 3.8) is 0 Å². The van der Waals surface area contributed by atoms with Crippen molar-refractivity contribution < 1.29 is 19.8 Å². The standard InChI is InChI=1S/C16H15NO4/c18-15(19)11-14(16(20)21)17(12-7-3-1-4-8-12)13-9-5-2-6-10-13/h1-10,14H,11H2,(H,18,19)(H,20,21). The highest BCUT2D eigenvalue weighted by atomic mass is 16.4. The second-order valence-electron chi connectivity index (χ2n) is 4.49. The highest BCUT2D eigenvalue weighted by molar-refractivity contribution is 5.87. The first-order chi connectivity index (χ1) is 10.1. The number of nitrogens with zero attached hydrogens (tertiary/aromatic N) is 1. The zero-order chi connectivity index (χ0) is 15.2. The fraction of sp³-hybridized carbons (Fsp3) is 0.125. The molecule has 0 amide bonds. The summed E-state index contributed by atoms with van der Waals surface area (Å²) in [5, 5.41) is 18.4. The Bertz CT molecular complexity index is 573. The van der Waals surface area contributed by atoms with Gasteiger partial charge in [-0.25, -0.2) is 4.79 Å². The van der Waals surface area contributed by atoms with Gasteiger partial charge in [-0.15, -0.1) is 0 Å². The van der Waals surface area contributed by atoms with Crippen LogP contribution in [0, 0.1) is 0 Å². The number of hydrogen-bond donors (Lipinski definition) is 2. The quantitative estimate of drug-likeness (QED) is 0.853. The summed E-state index contributed by atoms with van der Waals surface area (Å²) in [5.41, 5.74) is 1.27. The first-order valence-corrected chi connectivity index (χ1v) is 6.43. The third-order valence-corrected chi connectivity index (χ3v) is 3.03. The van der Waals surface area contributed by atoms with Crippen molar-refractivity contribution in [2.24, 2.45) is 0 Å². The van der Waals surface area contributed by atoms with Gasteiger partial charge < -0.3 is 15.1 Å². The molecule has 108 valence electrons. The largest absolute Gasteiger partial charge is 0.481 e. The molecular weight excluding hydrogens is 270 g/mol. The first kappa shape index (κ1) is 14.6. The Labute approximate surface area is 122 Å². The Morgan fingerprint density at radius 2 is 1.29 bits per heavy atom. The number of carbonyl (C=O) groups is 2. The second-order valence-corrected chi connectivity index (χ2v) is 4.49. The molecule has 2 rings (SSSR count). The lowest BCUT2D eigenvalue weighted by Crippen LogP contribution is -2.39. The lowest BCUT2D eigenvalue weighted by Gasteiger charge is -2.30. The molecule has 1 atom stereocenters. The number of para-hydroxylation sites is 2. The van der Waals surface area contributed by atoms with E-state index in [2.05, 4.69) is 0 Å². The van der Waals surface area contributed by atoms with E-state index in [1.165, 1.54) is 4.90 Å². The Balaban J connectivity index is 2.49. The SMILES string of the molecule is O=C(O)CC(C(=O)O)N(c1ccccc1)c1ccccc1. The van der Waals surface area contributed by atoms with Crippen LogP contribution in [-0.2, 0) is 9.59 Å². The van der Waals surface area contributed by atoms with Gasteiger partial charge in [-0.05, 0) is 24.3 Å². The molecule has 0 aliphatic rings. The molecule has 0 aliphatic carbocycles. The molecule has 0 heterocycles. The van der Waals surface area contributed by atoms with Crippen LogP contribution in [0.15, 0.2) is 60.7 Å². The molecule has 0 saturated heterocycles. The van der Waals surface area contributed by atoms with Crippen LogP contribution < -0.4 is 4.90 Å². The Hall–Kier alpha value is -2.82. The van der Waals surface area contributed by atoms with Crippen molar-refractivity contribution in [1.29, 1.82) is 0 Å². The van der Waals surface area contributed by atoms with Gasteiger partial charge in [-0.1, -0.05) is 36.4 Å². The van der Waals surface area contributed by atoms with Gasteiger partial charge in [0, 0.05) is 11.4 Å². The lowest BCUT2D eigenvalue weighted by molar-refractivity contribution is -0.144. The van der Waals surface area contributed by atoms with Crippen molar-refractivity contribution in [2.75, 3.05) is 4.90 Å². The van der Waals surface area contributed by atoms with E-state index in [1.807, 2.05) is 12.1 Å². The van der Waals surface area contributed by atoms with Gasteiger partial charge in [0.05, 0.1) is 6.42 Å². The molecule has 2 aromatic carbocycles. The second kappa shape index (κ2) is 6.56. The van der Waals surface area contributed by atoms with Crippen molar-refractivity contribution in [3.05, 3.63) is 60.7 Å². The number of hydrogen-bond acceptors (Lipinski definition) is 3. The maximum Gasteiger partial charge on any atom is 0.327 e. The van der Waals surface area contributed by atoms with E-state index in [0.717, 1.165) is 0 Å². The smallest absolute Gasteiger partial charge is 0.327 e. The van der Waals surface area contributed by atoms with Crippen LogP contribution in [0.2, 0.25) is 0 Å². The van der Waals surface area contributed by atoms with Crippen molar-refractivity contribution in [3.8, 4) is 0 Å². The number of anilines is 2. The molecule has 0 spiro atoms. The van der Waals surface area contributed by atoms with Gasteiger partial charge in [-0.3, -0.25) is 4.79 Å². The van der Waals surface area contributed by atoms with Crippen molar-refractivity contribution in [1.82, 2.24) is 0 Å². The topological polar surface area (TPSA) is 77.8 Å². The minimum absolute atomic E-state index is 0.487. The molecule has 0 radical (unpaired) electrons. The van der Waals surface area contributed by atoms with Gasteiger partial charge >= 0.3 is 11.9 Å². The van der Waals surface area contributed by atoms with Gasteiger partial charge in [0.1, 0.15) is 6.04 Å². The van der Waals surface area contributed by atoms with Crippen LogP contribution in [-0.4, -0.2) is 28.2 Å². The fourth-order valence-electron chi connectivity index (χ4n) is 2.14. The van der Waals surface area contributed by atoms with Crippen LogP contribution in [0.1, 0.15) is 6.42 Å². The van der Waals surface area contributed by atoms with Gasteiger partial charge in [0.2, 0.25) is 0 Å². The average molecular weight is 285 g/mol. The average Bonchev–Trinajstić information content (AvgIpc) is 2.48. The summed E-state index contributed by atoms with van der Waals surface area (Å²) >= 11 is 0. The zero-order valence-electron chi connectivity index (χ0n) is 11.2. The van der Waals surface area contributed by atoms with Gasteiger partial charge in [-0.2, -0.15) is 0 Å². The third-order valence-electron chi connectivity index (χ3n) is 3.03. The van der Waals surface area contributed by atoms with E-state index in [9.17, 15) is 14.7 Å². The van der Waals surface area contributed by atoms with E-state index in [1.54, 1.807) is 48.5 Å². The third kappa shape index (κ3) is 3.60. The Morgan fingerprint density at radius 3 is 1.62 bits per heavy atom. The van der Waals surface area contributed by atoms with Crippen LogP contribution in [0.5, 0.6) is 0 Å². The van der Waals surface area contributed by atoms with Gasteiger partial charge in [0.25, 0.3) is 0 Å². The summed E-state index contributed by atoms with van der Waals surface area (Å²) in [4.78, 5) is 24.0. The first-order valence-electron chi connectivity index (χ1n) is 6.43. The van der Waals surface area contributed by atoms with Crippen LogP contribution in [0.4, 0.5) is 11.4 Å². The highest BCUT2D eigenvalue weighted by Gasteiger charge is 2.29. The van der Waals surface area contributed by atoms with E-state index in [-0.39, 0.29) is 0 Å². The van der Waals surface area contributed by atoms with Crippen LogP contribution in [0.3, 0.4) is 0 Å². The fourth-order valence-corrected chi connectivity index (χ4v) is 2.14. The van der Waals surface area contributed by atoms with Crippen LogP contribution >= 0.6 is 0 Å². The maximum atomic E-state index is 11.5. The summed E-state index contributed by atoms with van der Waals surface area (Å²) in [6.07, 6.45) is -0.487. The van der Waals surface area contributed by atoms with Gasteiger partial charge in [0.15, 0.2) is 0 Å². The monoisotopic (exact) mass is 285 g/mol. The summed E-state index contributed by atoms with van der Waals surface area (Å²) in [6, 6.07) is 16.6. The number of benzene rings is 2. The predicted molar refractivity (Wildman–Crippen MR) is 78.7 cm³/mol. The molecule has 2 N–H and O–H groups in total. The molecule has 21 heavy (non-hydrogen) atoms. The molecule has 0 bridgehead atoms. The summed E-state index contributed by atoms with van der Waals surface area (Å²) in [5.74, 6) is -2.33. The molecule has 0 saturated carbocycles. The normalized spacial score (nSPS) is 11.6. The number of carboxylic acid groups (broad SMARTS) is 2. The molecular formula is C16H15NO4. The zero-order valence-corrected chi connectivity index (χ0v) is 11.2. The molecule has 1 unspecified atom stereocenters. The number of rotatable bonds is 6. The van der Waals surface area contributed by atoms with E-state index >= 15 is 0 Å². The molecule has 0 aromatic heterocycles. The number of carboxylic acids is 2. The summed E-state index contributed by atoms with van der Waals surface area (Å²) in [7, 11) is 0. The highest BCUT2D eigenvalue weighted by Crippen LogP contribution is 2.28. The minimum Gasteiger partial charge on any atom is -0.481 e. The van der Waals surface area contributed by atoms with Crippen molar-refractivity contribution in [2.45, 2.75) is 12.5 Å². The van der Waals surface area contributed by atoms with Crippen molar-refractivity contribution >= 4 is 23.3 Å². The molecule has 0 aliphatic heterocycles. The Morgan fingerprint density at radius 1 is 0.857 bits per heavy atom.